The van der Waals surface area contributed by atoms with Crippen molar-refractivity contribution in [3.05, 3.63) is 89.0 Å². The molecule has 3 aromatic rings. The summed E-state index contributed by atoms with van der Waals surface area (Å²) in [6, 6.07) is 18.7. The van der Waals surface area contributed by atoms with E-state index in [1.54, 1.807) is 61.9 Å². The lowest BCUT2D eigenvalue weighted by Crippen LogP contribution is -2.00. The van der Waals surface area contributed by atoms with E-state index in [4.69, 9.17) is 19.3 Å². The molecule has 0 unspecified atom stereocenters. The number of rotatable bonds is 8. The number of nitrogens with zero attached hydrogens (tertiary/aromatic N) is 1. The number of benzene rings is 3. The molecule has 1 N–H and O–H groups in total. The standard InChI is InChI=1S/C24H21NO6/c1-29-22-12-17(14-25-20-5-3-4-19(13-20)24(28)30-2)8-11-21(22)31-15-16-6-9-18(10-7-16)23(26)27/h3-14H,15H2,1-2H3,(H,26,27). The minimum absolute atomic E-state index is 0.224. The third kappa shape index (κ3) is 5.70. The summed E-state index contributed by atoms with van der Waals surface area (Å²) < 4.78 is 16.0. The van der Waals surface area contributed by atoms with Crippen molar-refractivity contribution < 1.29 is 28.9 Å². The van der Waals surface area contributed by atoms with Crippen LogP contribution in [0.25, 0.3) is 0 Å². The van der Waals surface area contributed by atoms with Gasteiger partial charge in [0.15, 0.2) is 11.5 Å². The van der Waals surface area contributed by atoms with E-state index in [0.717, 1.165) is 11.1 Å². The molecule has 7 heteroatoms. The fraction of sp³-hybridized carbons (Fsp3) is 0.125. The fourth-order valence-corrected chi connectivity index (χ4v) is 2.77. The highest BCUT2D eigenvalue weighted by atomic mass is 16.5. The van der Waals surface area contributed by atoms with E-state index in [-0.39, 0.29) is 12.2 Å². The van der Waals surface area contributed by atoms with Crippen LogP contribution in [0, 0.1) is 0 Å². The van der Waals surface area contributed by atoms with Gasteiger partial charge in [-0.2, -0.15) is 0 Å². The number of carbonyl (C=O) groups excluding carboxylic acids is 1. The van der Waals surface area contributed by atoms with Gasteiger partial charge in [0.1, 0.15) is 6.61 Å². The molecule has 0 radical (unpaired) electrons. The maximum Gasteiger partial charge on any atom is 0.337 e. The van der Waals surface area contributed by atoms with Gasteiger partial charge < -0.3 is 19.3 Å². The summed E-state index contributed by atoms with van der Waals surface area (Å²) in [5.74, 6) is -0.301. The molecule has 0 aliphatic carbocycles. The van der Waals surface area contributed by atoms with Crippen molar-refractivity contribution in [1.29, 1.82) is 0 Å². The predicted octanol–water partition coefficient (Wildman–Crippen LogP) is 4.51. The summed E-state index contributed by atoms with van der Waals surface area (Å²) in [7, 11) is 2.88. The molecule has 7 nitrogen and oxygen atoms in total. The first-order valence-corrected chi connectivity index (χ1v) is 9.35. The molecule has 0 aliphatic heterocycles. The van der Waals surface area contributed by atoms with Gasteiger partial charge in [-0.05, 0) is 59.7 Å². The van der Waals surface area contributed by atoms with Crippen LogP contribution in [0.4, 0.5) is 5.69 Å². The molecular weight excluding hydrogens is 398 g/mol. The number of carbonyl (C=O) groups is 2. The summed E-state index contributed by atoms with van der Waals surface area (Å²) in [5.41, 5.74) is 2.89. The Kier molecular flexibility index (Phi) is 7.01. The first-order chi connectivity index (χ1) is 15.0. The number of carboxylic acid groups (broad SMARTS) is 1. The molecule has 3 rings (SSSR count). The summed E-state index contributed by atoms with van der Waals surface area (Å²) in [6.45, 7) is 0.268. The normalized spacial score (nSPS) is 10.6. The van der Waals surface area contributed by atoms with Crippen LogP contribution in [0.2, 0.25) is 0 Å². The van der Waals surface area contributed by atoms with Gasteiger partial charge in [-0.1, -0.05) is 18.2 Å². The van der Waals surface area contributed by atoms with Crippen molar-refractivity contribution in [3.63, 3.8) is 0 Å². The van der Waals surface area contributed by atoms with Gasteiger partial charge >= 0.3 is 11.9 Å². The molecule has 0 saturated heterocycles. The number of hydrogen-bond donors (Lipinski definition) is 1. The van der Waals surface area contributed by atoms with Crippen LogP contribution in [0.3, 0.4) is 0 Å². The molecule has 0 aliphatic rings. The second-order valence-electron chi connectivity index (χ2n) is 6.50. The molecular formula is C24H21NO6. The van der Waals surface area contributed by atoms with Gasteiger partial charge in [0.25, 0.3) is 0 Å². The number of hydrogen-bond acceptors (Lipinski definition) is 6. The monoisotopic (exact) mass is 419 g/mol. The second-order valence-corrected chi connectivity index (χ2v) is 6.50. The van der Waals surface area contributed by atoms with Gasteiger partial charge in [-0.25, -0.2) is 9.59 Å². The molecule has 0 spiro atoms. The minimum Gasteiger partial charge on any atom is -0.493 e. The number of carboxylic acids is 1. The number of aliphatic imine (C=N–C) groups is 1. The predicted molar refractivity (Wildman–Crippen MR) is 116 cm³/mol. The number of esters is 1. The van der Waals surface area contributed by atoms with Crippen molar-refractivity contribution in [2.75, 3.05) is 14.2 Å². The Hall–Kier alpha value is -4.13. The highest BCUT2D eigenvalue weighted by Gasteiger charge is 2.08. The third-order valence-corrected chi connectivity index (χ3v) is 4.41. The van der Waals surface area contributed by atoms with Crippen LogP contribution < -0.4 is 9.47 Å². The summed E-state index contributed by atoms with van der Waals surface area (Å²) >= 11 is 0. The smallest absolute Gasteiger partial charge is 0.337 e. The summed E-state index contributed by atoms with van der Waals surface area (Å²) in [5, 5.41) is 8.96. The molecule has 0 heterocycles. The summed E-state index contributed by atoms with van der Waals surface area (Å²) in [4.78, 5) is 27.0. The summed E-state index contributed by atoms with van der Waals surface area (Å²) in [6.07, 6.45) is 1.66. The van der Waals surface area contributed by atoms with Gasteiger partial charge in [0.2, 0.25) is 0 Å². The highest BCUT2D eigenvalue weighted by molar-refractivity contribution is 5.91. The van der Waals surface area contributed by atoms with Gasteiger partial charge in [-0.3, -0.25) is 4.99 Å². The molecule has 158 valence electrons. The molecule has 0 fully saturated rings. The van der Waals surface area contributed by atoms with Crippen molar-refractivity contribution in [3.8, 4) is 11.5 Å². The zero-order valence-corrected chi connectivity index (χ0v) is 17.1. The lowest BCUT2D eigenvalue weighted by Gasteiger charge is -2.11. The SMILES string of the molecule is COC(=O)c1cccc(N=Cc2ccc(OCc3ccc(C(=O)O)cc3)c(OC)c2)c1. The number of ether oxygens (including phenoxy) is 3. The van der Waals surface area contributed by atoms with Crippen molar-refractivity contribution in [2.45, 2.75) is 6.61 Å². The average Bonchev–Trinajstić information content (AvgIpc) is 2.81. The third-order valence-electron chi connectivity index (χ3n) is 4.41. The Morgan fingerprint density at radius 2 is 1.71 bits per heavy atom. The molecule has 0 bridgehead atoms. The molecule has 31 heavy (non-hydrogen) atoms. The van der Waals surface area contributed by atoms with Gasteiger partial charge in [0, 0.05) is 6.21 Å². The van der Waals surface area contributed by atoms with E-state index in [2.05, 4.69) is 4.99 Å². The zero-order chi connectivity index (χ0) is 22.2. The number of methoxy groups -OCH3 is 2. The average molecular weight is 419 g/mol. The Balaban J connectivity index is 1.70. The van der Waals surface area contributed by atoms with Gasteiger partial charge in [0.05, 0.1) is 31.0 Å². The second kappa shape index (κ2) is 10.1. The first kappa shape index (κ1) is 21.6. The Bertz CT molecular complexity index is 1110. The van der Waals surface area contributed by atoms with E-state index in [1.807, 2.05) is 6.07 Å². The van der Waals surface area contributed by atoms with Crippen molar-refractivity contribution >= 4 is 23.8 Å². The van der Waals surface area contributed by atoms with E-state index < -0.39 is 11.9 Å². The van der Waals surface area contributed by atoms with Crippen LogP contribution in [-0.2, 0) is 11.3 Å². The lowest BCUT2D eigenvalue weighted by atomic mass is 10.1. The van der Waals surface area contributed by atoms with Crippen LogP contribution in [0.15, 0.2) is 71.7 Å². The maximum absolute atomic E-state index is 11.6. The van der Waals surface area contributed by atoms with E-state index in [0.29, 0.717) is 22.7 Å². The van der Waals surface area contributed by atoms with Crippen molar-refractivity contribution in [1.82, 2.24) is 0 Å². The molecule has 0 saturated carbocycles. The van der Waals surface area contributed by atoms with Crippen LogP contribution in [-0.4, -0.2) is 37.5 Å². The topological polar surface area (TPSA) is 94.4 Å². The van der Waals surface area contributed by atoms with Crippen LogP contribution in [0.1, 0.15) is 31.8 Å². The van der Waals surface area contributed by atoms with Crippen molar-refractivity contribution in [2.24, 2.45) is 4.99 Å². The Morgan fingerprint density at radius 1 is 0.935 bits per heavy atom. The molecule has 0 atom stereocenters. The van der Waals surface area contributed by atoms with E-state index in [1.165, 1.54) is 19.2 Å². The highest BCUT2D eigenvalue weighted by Crippen LogP contribution is 2.28. The van der Waals surface area contributed by atoms with E-state index >= 15 is 0 Å². The fourth-order valence-electron chi connectivity index (χ4n) is 2.77. The maximum atomic E-state index is 11.6. The van der Waals surface area contributed by atoms with Gasteiger partial charge in [-0.15, -0.1) is 0 Å². The largest absolute Gasteiger partial charge is 0.493 e. The lowest BCUT2D eigenvalue weighted by molar-refractivity contribution is 0.0600. The Morgan fingerprint density at radius 3 is 2.39 bits per heavy atom. The Labute approximate surface area is 179 Å². The van der Waals surface area contributed by atoms with Crippen LogP contribution in [0.5, 0.6) is 11.5 Å². The first-order valence-electron chi connectivity index (χ1n) is 9.35. The quantitative estimate of drug-likeness (QED) is 0.426. The molecule has 3 aromatic carbocycles. The minimum atomic E-state index is -0.969. The van der Waals surface area contributed by atoms with E-state index in [9.17, 15) is 9.59 Å². The molecule has 0 aromatic heterocycles. The zero-order valence-electron chi connectivity index (χ0n) is 17.1. The van der Waals surface area contributed by atoms with Crippen LogP contribution >= 0.6 is 0 Å². The molecule has 0 amide bonds. The number of aromatic carboxylic acids is 1.